The third-order valence-electron chi connectivity index (χ3n) is 3.53. The molecule has 1 heteroatoms. The average molecular weight is 194 g/mol. The third kappa shape index (κ3) is 2.48. The van der Waals surface area contributed by atoms with Crippen molar-refractivity contribution in [1.29, 1.82) is 0 Å². The van der Waals surface area contributed by atoms with E-state index in [1.165, 1.54) is 12.0 Å². The average Bonchev–Trinajstić information content (AvgIpc) is 2.21. The van der Waals surface area contributed by atoms with Crippen molar-refractivity contribution >= 4 is 0 Å². The number of ether oxygens (including phenoxy) is 1. The molecule has 14 heavy (non-hydrogen) atoms. The van der Waals surface area contributed by atoms with Gasteiger partial charge in [-0.1, -0.05) is 45.4 Å². The van der Waals surface area contributed by atoms with E-state index in [1.54, 1.807) is 7.11 Å². The van der Waals surface area contributed by atoms with Crippen LogP contribution in [0.3, 0.4) is 0 Å². The molecule has 0 aromatic heterocycles. The van der Waals surface area contributed by atoms with E-state index in [-0.39, 0.29) is 0 Å². The molecule has 0 aromatic rings. The molecule has 0 saturated carbocycles. The molecule has 2 unspecified atom stereocenters. The zero-order chi connectivity index (χ0) is 10.6. The van der Waals surface area contributed by atoms with Crippen LogP contribution in [-0.4, -0.2) is 13.7 Å². The Labute approximate surface area is 87.8 Å². The van der Waals surface area contributed by atoms with E-state index in [0.717, 1.165) is 18.9 Å². The second kappa shape index (κ2) is 4.79. The first-order valence-corrected chi connectivity index (χ1v) is 5.49. The van der Waals surface area contributed by atoms with E-state index in [0.29, 0.717) is 5.41 Å². The number of hydrogen-bond acceptors (Lipinski definition) is 1. The fourth-order valence-electron chi connectivity index (χ4n) is 1.89. The van der Waals surface area contributed by atoms with E-state index in [4.69, 9.17) is 4.74 Å². The van der Waals surface area contributed by atoms with Crippen LogP contribution < -0.4 is 0 Å². The highest BCUT2D eigenvalue weighted by molar-refractivity contribution is 5.27. The molecule has 0 heterocycles. The molecule has 0 saturated heterocycles. The quantitative estimate of drug-likeness (QED) is 0.664. The van der Waals surface area contributed by atoms with Crippen LogP contribution in [-0.2, 0) is 4.74 Å². The molecule has 0 radical (unpaired) electrons. The molecule has 0 aromatic carbocycles. The Morgan fingerprint density at radius 2 is 2.29 bits per heavy atom. The first-order valence-electron chi connectivity index (χ1n) is 5.49. The van der Waals surface area contributed by atoms with Gasteiger partial charge in [0.15, 0.2) is 0 Å². The summed E-state index contributed by atoms with van der Waals surface area (Å²) in [6.07, 6.45) is 9.29. The van der Waals surface area contributed by atoms with Gasteiger partial charge >= 0.3 is 0 Å². The Morgan fingerprint density at radius 3 is 2.71 bits per heavy atom. The first-order chi connectivity index (χ1) is 6.62. The topological polar surface area (TPSA) is 9.23 Å². The highest BCUT2D eigenvalue weighted by atomic mass is 16.5. The van der Waals surface area contributed by atoms with Gasteiger partial charge in [0.05, 0.1) is 6.61 Å². The summed E-state index contributed by atoms with van der Waals surface area (Å²) in [5.74, 6) is 0.749. The van der Waals surface area contributed by atoms with Crippen LogP contribution in [0.25, 0.3) is 0 Å². The molecule has 2 atom stereocenters. The van der Waals surface area contributed by atoms with E-state index < -0.39 is 0 Å². The van der Waals surface area contributed by atoms with Gasteiger partial charge in [-0.05, 0) is 23.3 Å². The second-order valence-corrected chi connectivity index (χ2v) is 4.56. The molecule has 0 aliphatic heterocycles. The third-order valence-corrected chi connectivity index (χ3v) is 3.53. The first kappa shape index (κ1) is 11.5. The molecule has 0 spiro atoms. The van der Waals surface area contributed by atoms with Gasteiger partial charge < -0.3 is 4.74 Å². The van der Waals surface area contributed by atoms with Gasteiger partial charge in [-0.2, -0.15) is 0 Å². The fraction of sp³-hybridized carbons (Fsp3) is 0.692. The largest absolute Gasteiger partial charge is 0.380 e. The van der Waals surface area contributed by atoms with Gasteiger partial charge in [0.25, 0.3) is 0 Å². The standard InChI is InChI=1S/C13H22O/c1-5-11(2)13(3)8-6-12(7-9-13)10-14-4/h6-8,11H,5,9-10H2,1-4H3. The Hall–Kier alpha value is -0.560. The summed E-state index contributed by atoms with van der Waals surface area (Å²) in [5.41, 5.74) is 1.67. The normalized spacial score (nSPS) is 28.7. The summed E-state index contributed by atoms with van der Waals surface area (Å²) in [7, 11) is 1.75. The second-order valence-electron chi connectivity index (χ2n) is 4.56. The Balaban J connectivity index is 2.62. The molecule has 0 bridgehead atoms. The van der Waals surface area contributed by atoms with Crippen LogP contribution in [0.5, 0.6) is 0 Å². The van der Waals surface area contributed by atoms with Gasteiger partial charge in [-0.3, -0.25) is 0 Å². The summed E-state index contributed by atoms with van der Waals surface area (Å²) in [6, 6.07) is 0. The molecule has 0 N–H and O–H groups in total. The zero-order valence-corrected chi connectivity index (χ0v) is 9.84. The van der Waals surface area contributed by atoms with Crippen molar-refractivity contribution < 1.29 is 4.74 Å². The van der Waals surface area contributed by atoms with Gasteiger partial charge in [-0.15, -0.1) is 0 Å². The molecule has 0 fully saturated rings. The van der Waals surface area contributed by atoms with Gasteiger partial charge in [-0.25, -0.2) is 0 Å². The van der Waals surface area contributed by atoms with Crippen molar-refractivity contribution in [3.63, 3.8) is 0 Å². The van der Waals surface area contributed by atoms with Crippen molar-refractivity contribution in [2.75, 3.05) is 13.7 Å². The summed E-state index contributed by atoms with van der Waals surface area (Å²) in [4.78, 5) is 0. The lowest BCUT2D eigenvalue weighted by molar-refractivity contribution is 0.223. The van der Waals surface area contributed by atoms with E-state index in [2.05, 4.69) is 39.0 Å². The summed E-state index contributed by atoms with van der Waals surface area (Å²) in [5, 5.41) is 0. The Bertz CT molecular complexity index is 240. The molecular weight excluding hydrogens is 172 g/mol. The van der Waals surface area contributed by atoms with E-state index in [1.807, 2.05) is 0 Å². The lowest BCUT2D eigenvalue weighted by Gasteiger charge is -2.33. The van der Waals surface area contributed by atoms with E-state index >= 15 is 0 Å². The predicted octanol–water partition coefficient (Wildman–Crippen LogP) is 3.57. The van der Waals surface area contributed by atoms with Gasteiger partial charge in [0.1, 0.15) is 0 Å². The number of allylic oxidation sites excluding steroid dienone is 2. The molecule has 80 valence electrons. The Morgan fingerprint density at radius 1 is 1.57 bits per heavy atom. The highest BCUT2D eigenvalue weighted by Gasteiger charge is 2.27. The molecule has 1 rings (SSSR count). The molecule has 1 nitrogen and oxygen atoms in total. The minimum Gasteiger partial charge on any atom is -0.380 e. The zero-order valence-electron chi connectivity index (χ0n) is 9.84. The lowest BCUT2D eigenvalue weighted by atomic mass is 9.71. The highest BCUT2D eigenvalue weighted by Crippen LogP contribution is 2.38. The van der Waals surface area contributed by atoms with Crippen molar-refractivity contribution in [2.45, 2.75) is 33.6 Å². The van der Waals surface area contributed by atoms with Crippen molar-refractivity contribution in [3.05, 3.63) is 23.8 Å². The molecular formula is C13H22O. The van der Waals surface area contributed by atoms with E-state index in [9.17, 15) is 0 Å². The molecule has 1 aliphatic rings. The van der Waals surface area contributed by atoms with Crippen LogP contribution in [0.2, 0.25) is 0 Å². The van der Waals surface area contributed by atoms with Crippen LogP contribution >= 0.6 is 0 Å². The molecule has 0 amide bonds. The summed E-state index contributed by atoms with van der Waals surface area (Å²) in [6.45, 7) is 7.68. The Kier molecular flexibility index (Phi) is 3.94. The van der Waals surface area contributed by atoms with Crippen LogP contribution in [0.1, 0.15) is 33.6 Å². The van der Waals surface area contributed by atoms with Crippen LogP contribution in [0.4, 0.5) is 0 Å². The maximum Gasteiger partial charge on any atom is 0.0709 e. The van der Waals surface area contributed by atoms with Crippen LogP contribution in [0, 0.1) is 11.3 Å². The van der Waals surface area contributed by atoms with Crippen molar-refractivity contribution in [3.8, 4) is 0 Å². The molecule has 1 aliphatic carbocycles. The fourth-order valence-corrected chi connectivity index (χ4v) is 1.89. The summed E-state index contributed by atoms with van der Waals surface area (Å²) < 4.78 is 5.12. The maximum absolute atomic E-state index is 5.12. The predicted molar refractivity (Wildman–Crippen MR) is 61.3 cm³/mol. The number of methoxy groups -OCH3 is 1. The van der Waals surface area contributed by atoms with Crippen LogP contribution in [0.15, 0.2) is 23.8 Å². The SMILES string of the molecule is CCC(C)C1(C)C=CC(COC)=CC1. The van der Waals surface area contributed by atoms with Crippen molar-refractivity contribution in [1.82, 2.24) is 0 Å². The minimum absolute atomic E-state index is 0.353. The summed E-state index contributed by atoms with van der Waals surface area (Å²) >= 11 is 0. The van der Waals surface area contributed by atoms with Crippen molar-refractivity contribution in [2.24, 2.45) is 11.3 Å². The monoisotopic (exact) mass is 194 g/mol. The van der Waals surface area contributed by atoms with Gasteiger partial charge in [0.2, 0.25) is 0 Å². The maximum atomic E-state index is 5.12. The number of rotatable bonds is 4. The number of hydrogen-bond donors (Lipinski definition) is 0. The smallest absolute Gasteiger partial charge is 0.0709 e. The lowest BCUT2D eigenvalue weighted by Crippen LogP contribution is -2.24. The minimum atomic E-state index is 0.353. The van der Waals surface area contributed by atoms with Gasteiger partial charge in [0, 0.05) is 7.11 Å².